The van der Waals surface area contributed by atoms with E-state index in [0.717, 1.165) is 17.6 Å². The highest BCUT2D eigenvalue weighted by Crippen LogP contribution is 2.26. The third-order valence-electron chi connectivity index (χ3n) is 2.31. The Labute approximate surface area is 97.2 Å². The molecule has 0 N–H and O–H groups in total. The number of anilines is 1. The fourth-order valence-corrected chi connectivity index (χ4v) is 3.00. The van der Waals surface area contributed by atoms with Crippen LogP contribution in [0.25, 0.3) is 0 Å². The summed E-state index contributed by atoms with van der Waals surface area (Å²) in [6.45, 7) is 2.31. The van der Waals surface area contributed by atoms with Crippen molar-refractivity contribution in [2.24, 2.45) is 0 Å². The lowest BCUT2D eigenvalue weighted by molar-refractivity contribution is 0.813. The highest BCUT2D eigenvalue weighted by atomic mass is 79.9. The maximum atomic E-state index is 4.08. The van der Waals surface area contributed by atoms with Gasteiger partial charge in [-0.25, -0.2) is 0 Å². The van der Waals surface area contributed by atoms with Gasteiger partial charge in [0.25, 0.3) is 0 Å². The molecular formula is C10H13BrN2S. The van der Waals surface area contributed by atoms with Crippen molar-refractivity contribution in [3.63, 3.8) is 0 Å². The molecule has 2 rings (SSSR count). The Morgan fingerprint density at radius 2 is 2.29 bits per heavy atom. The van der Waals surface area contributed by atoms with Crippen molar-refractivity contribution in [2.45, 2.75) is 6.42 Å². The van der Waals surface area contributed by atoms with Gasteiger partial charge in [0.05, 0.1) is 10.2 Å². The van der Waals surface area contributed by atoms with Gasteiger partial charge >= 0.3 is 0 Å². The number of aromatic nitrogens is 1. The minimum atomic E-state index is 1.10. The summed E-state index contributed by atoms with van der Waals surface area (Å²) in [7, 11) is 0. The van der Waals surface area contributed by atoms with Gasteiger partial charge in [0.1, 0.15) is 0 Å². The maximum absolute atomic E-state index is 4.08. The van der Waals surface area contributed by atoms with Gasteiger partial charge in [0, 0.05) is 31.2 Å². The molecule has 1 fully saturated rings. The second-order valence-corrected chi connectivity index (χ2v) is 5.36. The highest BCUT2D eigenvalue weighted by molar-refractivity contribution is 9.10. The number of nitrogens with zero attached hydrogens (tertiary/aromatic N) is 2. The number of thioether (sulfide) groups is 1. The fraction of sp³-hybridized carbons (Fsp3) is 0.500. The van der Waals surface area contributed by atoms with Crippen molar-refractivity contribution < 1.29 is 0 Å². The Kier molecular flexibility index (Phi) is 3.70. The van der Waals surface area contributed by atoms with Gasteiger partial charge in [-0.3, -0.25) is 4.98 Å². The van der Waals surface area contributed by atoms with Crippen molar-refractivity contribution in [1.29, 1.82) is 0 Å². The van der Waals surface area contributed by atoms with Crippen LogP contribution in [0.3, 0.4) is 0 Å². The molecule has 14 heavy (non-hydrogen) atoms. The molecule has 0 atom stereocenters. The molecule has 1 saturated heterocycles. The van der Waals surface area contributed by atoms with Crippen LogP contribution in [0.4, 0.5) is 5.69 Å². The van der Waals surface area contributed by atoms with E-state index in [0.29, 0.717) is 0 Å². The Bertz CT molecular complexity index is 298. The van der Waals surface area contributed by atoms with E-state index in [2.05, 4.69) is 31.9 Å². The van der Waals surface area contributed by atoms with Gasteiger partial charge in [-0.1, -0.05) is 0 Å². The third kappa shape index (κ3) is 2.42. The highest BCUT2D eigenvalue weighted by Gasteiger charge is 2.11. The second-order valence-electron chi connectivity index (χ2n) is 3.28. The molecule has 1 aromatic rings. The predicted molar refractivity (Wildman–Crippen MR) is 66.1 cm³/mol. The first-order valence-corrected chi connectivity index (χ1v) is 6.75. The molecule has 0 bridgehead atoms. The van der Waals surface area contributed by atoms with Crippen LogP contribution < -0.4 is 4.90 Å². The Hall–Kier alpha value is -0.220. The molecule has 0 saturated carbocycles. The Morgan fingerprint density at radius 3 is 3.14 bits per heavy atom. The van der Waals surface area contributed by atoms with Crippen molar-refractivity contribution in [2.75, 3.05) is 29.5 Å². The monoisotopic (exact) mass is 272 g/mol. The zero-order chi connectivity index (χ0) is 9.80. The summed E-state index contributed by atoms with van der Waals surface area (Å²) >= 11 is 5.59. The van der Waals surface area contributed by atoms with E-state index in [9.17, 15) is 0 Å². The van der Waals surface area contributed by atoms with Gasteiger partial charge in [0.2, 0.25) is 0 Å². The molecule has 0 unspecified atom stereocenters. The second kappa shape index (κ2) is 5.03. The van der Waals surface area contributed by atoms with Crippen LogP contribution in [0.2, 0.25) is 0 Å². The molecule has 1 aliphatic heterocycles. The molecule has 0 radical (unpaired) electrons. The smallest absolute Gasteiger partial charge is 0.0592 e. The van der Waals surface area contributed by atoms with E-state index >= 15 is 0 Å². The number of pyridine rings is 1. The van der Waals surface area contributed by atoms with Gasteiger partial charge in [-0.2, -0.15) is 11.8 Å². The average molecular weight is 273 g/mol. The quantitative estimate of drug-likeness (QED) is 0.782. The lowest BCUT2D eigenvalue weighted by atomic mass is 10.3. The lowest BCUT2D eigenvalue weighted by Gasteiger charge is -2.23. The maximum Gasteiger partial charge on any atom is 0.0592 e. The van der Waals surface area contributed by atoms with Gasteiger partial charge in [0.15, 0.2) is 0 Å². The Morgan fingerprint density at radius 1 is 1.36 bits per heavy atom. The molecule has 0 aliphatic carbocycles. The molecule has 0 aromatic carbocycles. The fourth-order valence-electron chi connectivity index (χ4n) is 1.61. The van der Waals surface area contributed by atoms with E-state index in [-0.39, 0.29) is 0 Å². The van der Waals surface area contributed by atoms with Crippen LogP contribution in [-0.2, 0) is 0 Å². The van der Waals surface area contributed by atoms with E-state index < -0.39 is 0 Å². The average Bonchev–Trinajstić information content (AvgIpc) is 2.47. The first kappa shape index (κ1) is 10.3. The first-order valence-electron chi connectivity index (χ1n) is 4.80. The van der Waals surface area contributed by atoms with Crippen molar-refractivity contribution in [1.82, 2.24) is 4.98 Å². The van der Waals surface area contributed by atoms with Crippen LogP contribution in [0.5, 0.6) is 0 Å². The van der Waals surface area contributed by atoms with E-state index in [1.807, 2.05) is 24.2 Å². The van der Waals surface area contributed by atoms with E-state index in [1.165, 1.54) is 23.6 Å². The molecule has 1 aliphatic rings. The molecule has 2 heterocycles. The summed E-state index contributed by atoms with van der Waals surface area (Å²) in [6.07, 6.45) is 5.00. The first-order chi connectivity index (χ1) is 6.88. The lowest BCUT2D eigenvalue weighted by Crippen LogP contribution is -2.25. The third-order valence-corrected chi connectivity index (χ3v) is 3.97. The Balaban J connectivity index is 2.16. The summed E-state index contributed by atoms with van der Waals surface area (Å²) in [4.78, 5) is 6.52. The van der Waals surface area contributed by atoms with Crippen LogP contribution in [-0.4, -0.2) is 29.6 Å². The van der Waals surface area contributed by atoms with E-state index in [1.54, 1.807) is 0 Å². The van der Waals surface area contributed by atoms with Crippen molar-refractivity contribution >= 4 is 33.4 Å². The standard InChI is InChI=1S/C10H13BrN2S/c11-9-8-12-3-2-10(9)13-4-1-6-14-7-5-13/h2-3,8H,1,4-7H2. The minimum absolute atomic E-state index is 1.10. The van der Waals surface area contributed by atoms with Crippen molar-refractivity contribution in [3.05, 3.63) is 22.9 Å². The zero-order valence-corrected chi connectivity index (χ0v) is 10.4. The number of halogens is 1. The number of rotatable bonds is 1. The topological polar surface area (TPSA) is 16.1 Å². The van der Waals surface area contributed by atoms with Crippen LogP contribution in [0.15, 0.2) is 22.9 Å². The zero-order valence-electron chi connectivity index (χ0n) is 7.95. The van der Waals surface area contributed by atoms with Crippen LogP contribution in [0.1, 0.15) is 6.42 Å². The number of hydrogen-bond acceptors (Lipinski definition) is 3. The minimum Gasteiger partial charge on any atom is -0.370 e. The summed E-state index contributed by atoms with van der Waals surface area (Å²) in [6, 6.07) is 2.08. The van der Waals surface area contributed by atoms with Gasteiger partial charge < -0.3 is 4.90 Å². The normalized spacial score (nSPS) is 17.9. The molecular weight excluding hydrogens is 260 g/mol. The van der Waals surface area contributed by atoms with Crippen LogP contribution >= 0.6 is 27.7 Å². The SMILES string of the molecule is Brc1cnccc1N1CCCSCC1. The molecule has 0 amide bonds. The van der Waals surface area contributed by atoms with Crippen molar-refractivity contribution in [3.8, 4) is 0 Å². The largest absolute Gasteiger partial charge is 0.370 e. The molecule has 4 heteroatoms. The van der Waals surface area contributed by atoms with Gasteiger partial charge in [-0.05, 0) is 34.2 Å². The van der Waals surface area contributed by atoms with Crippen LogP contribution in [0, 0.1) is 0 Å². The van der Waals surface area contributed by atoms with E-state index in [4.69, 9.17) is 0 Å². The summed E-state index contributed by atoms with van der Waals surface area (Å²) < 4.78 is 1.10. The van der Waals surface area contributed by atoms with Gasteiger partial charge in [-0.15, -0.1) is 0 Å². The molecule has 0 spiro atoms. The molecule has 2 nitrogen and oxygen atoms in total. The molecule has 76 valence electrons. The summed E-state index contributed by atoms with van der Waals surface area (Å²) in [5.74, 6) is 2.52. The molecule has 1 aromatic heterocycles. The predicted octanol–water partition coefficient (Wildman–Crippen LogP) is 2.79. The summed E-state index contributed by atoms with van der Waals surface area (Å²) in [5, 5.41) is 0. The summed E-state index contributed by atoms with van der Waals surface area (Å²) in [5.41, 5.74) is 1.28. The number of hydrogen-bond donors (Lipinski definition) is 0.